The SMILES string of the molecule is Cc1ccc(O[C@@H]2CCN(C(=O)c3cnc(C)cn3)C2)nc1. The van der Waals surface area contributed by atoms with Crippen molar-refractivity contribution in [2.45, 2.75) is 26.4 Å². The number of carbonyl (C=O) groups excluding carboxylic acids is 1. The topological polar surface area (TPSA) is 68.2 Å². The fraction of sp³-hybridized carbons (Fsp3) is 0.375. The van der Waals surface area contributed by atoms with Gasteiger partial charge in [0.1, 0.15) is 11.8 Å². The lowest BCUT2D eigenvalue weighted by Crippen LogP contribution is -2.31. The van der Waals surface area contributed by atoms with Crippen molar-refractivity contribution in [3.8, 4) is 5.88 Å². The zero-order chi connectivity index (χ0) is 15.5. The molecule has 0 saturated carbocycles. The number of likely N-dealkylation sites (tertiary alicyclic amines) is 1. The van der Waals surface area contributed by atoms with Gasteiger partial charge in [-0.2, -0.15) is 0 Å². The van der Waals surface area contributed by atoms with Gasteiger partial charge in [-0.15, -0.1) is 0 Å². The Bertz CT molecular complexity index is 655. The molecule has 0 radical (unpaired) electrons. The Morgan fingerprint density at radius 3 is 2.73 bits per heavy atom. The minimum atomic E-state index is -0.101. The van der Waals surface area contributed by atoms with Crippen molar-refractivity contribution in [3.63, 3.8) is 0 Å². The molecule has 0 aliphatic carbocycles. The molecule has 1 aliphatic rings. The van der Waals surface area contributed by atoms with Crippen molar-refractivity contribution in [2.75, 3.05) is 13.1 Å². The number of aromatic nitrogens is 3. The van der Waals surface area contributed by atoms with E-state index in [-0.39, 0.29) is 12.0 Å². The second-order valence-electron chi connectivity index (χ2n) is 5.50. The van der Waals surface area contributed by atoms with Crippen LogP contribution in [0.3, 0.4) is 0 Å². The van der Waals surface area contributed by atoms with Gasteiger partial charge < -0.3 is 9.64 Å². The third-order valence-corrected chi connectivity index (χ3v) is 3.60. The Hall–Kier alpha value is -2.50. The van der Waals surface area contributed by atoms with Gasteiger partial charge >= 0.3 is 0 Å². The van der Waals surface area contributed by atoms with Crippen molar-refractivity contribution in [1.82, 2.24) is 19.9 Å². The minimum absolute atomic E-state index is 0.0300. The van der Waals surface area contributed by atoms with E-state index in [1.807, 2.05) is 26.0 Å². The second kappa shape index (κ2) is 6.09. The molecule has 114 valence electrons. The quantitative estimate of drug-likeness (QED) is 0.864. The third kappa shape index (κ3) is 3.21. The highest BCUT2D eigenvalue weighted by atomic mass is 16.5. The molecular formula is C16H18N4O2. The second-order valence-corrected chi connectivity index (χ2v) is 5.50. The average Bonchev–Trinajstić information content (AvgIpc) is 2.98. The number of hydrogen-bond acceptors (Lipinski definition) is 5. The molecule has 0 spiro atoms. The summed E-state index contributed by atoms with van der Waals surface area (Å²) in [6, 6.07) is 3.81. The molecule has 1 fully saturated rings. The summed E-state index contributed by atoms with van der Waals surface area (Å²) in [5.74, 6) is 0.496. The number of amides is 1. The summed E-state index contributed by atoms with van der Waals surface area (Å²) in [4.78, 5) is 26.6. The number of carbonyl (C=O) groups is 1. The van der Waals surface area contributed by atoms with Gasteiger partial charge in [0.05, 0.1) is 18.4 Å². The Balaban J connectivity index is 1.61. The molecule has 0 bridgehead atoms. The first kappa shape index (κ1) is 14.4. The first-order valence-corrected chi connectivity index (χ1v) is 7.29. The van der Waals surface area contributed by atoms with E-state index in [1.165, 1.54) is 6.20 Å². The minimum Gasteiger partial charge on any atom is -0.472 e. The molecule has 1 aliphatic heterocycles. The largest absolute Gasteiger partial charge is 0.472 e. The molecular weight excluding hydrogens is 280 g/mol. The molecule has 22 heavy (non-hydrogen) atoms. The van der Waals surface area contributed by atoms with Gasteiger partial charge in [-0.25, -0.2) is 9.97 Å². The number of aryl methyl sites for hydroxylation is 2. The number of hydrogen-bond donors (Lipinski definition) is 0. The fourth-order valence-corrected chi connectivity index (χ4v) is 2.37. The zero-order valence-corrected chi connectivity index (χ0v) is 12.7. The maximum absolute atomic E-state index is 12.4. The first-order chi connectivity index (χ1) is 10.6. The van der Waals surface area contributed by atoms with E-state index in [1.54, 1.807) is 17.3 Å². The van der Waals surface area contributed by atoms with Crippen molar-refractivity contribution >= 4 is 5.91 Å². The highest BCUT2D eigenvalue weighted by molar-refractivity contribution is 5.92. The summed E-state index contributed by atoms with van der Waals surface area (Å²) in [6.45, 7) is 5.03. The lowest BCUT2D eigenvalue weighted by atomic mass is 10.3. The van der Waals surface area contributed by atoms with Crippen LogP contribution >= 0.6 is 0 Å². The molecule has 3 rings (SSSR count). The predicted molar refractivity (Wildman–Crippen MR) is 80.7 cm³/mol. The highest BCUT2D eigenvalue weighted by Crippen LogP contribution is 2.18. The van der Waals surface area contributed by atoms with E-state index in [4.69, 9.17) is 4.74 Å². The monoisotopic (exact) mass is 298 g/mol. The van der Waals surface area contributed by atoms with Crippen LogP contribution in [0.4, 0.5) is 0 Å². The lowest BCUT2D eigenvalue weighted by molar-refractivity contribution is 0.0765. The Morgan fingerprint density at radius 1 is 1.18 bits per heavy atom. The number of rotatable bonds is 3. The molecule has 0 unspecified atom stereocenters. The van der Waals surface area contributed by atoms with Crippen LogP contribution < -0.4 is 4.74 Å². The summed E-state index contributed by atoms with van der Waals surface area (Å²) in [5, 5.41) is 0. The summed E-state index contributed by atoms with van der Waals surface area (Å²) in [7, 11) is 0. The summed E-state index contributed by atoms with van der Waals surface area (Å²) >= 11 is 0. The highest BCUT2D eigenvalue weighted by Gasteiger charge is 2.29. The fourth-order valence-electron chi connectivity index (χ4n) is 2.37. The molecule has 6 heteroatoms. The van der Waals surface area contributed by atoms with Crippen LogP contribution in [0, 0.1) is 13.8 Å². The van der Waals surface area contributed by atoms with Gasteiger partial charge in [0, 0.05) is 31.4 Å². The van der Waals surface area contributed by atoms with Gasteiger partial charge in [-0.1, -0.05) is 6.07 Å². The Morgan fingerprint density at radius 2 is 2.05 bits per heavy atom. The van der Waals surface area contributed by atoms with E-state index < -0.39 is 0 Å². The van der Waals surface area contributed by atoms with E-state index >= 15 is 0 Å². The van der Waals surface area contributed by atoms with Gasteiger partial charge in [0.15, 0.2) is 0 Å². The van der Waals surface area contributed by atoms with Crippen LogP contribution in [0.5, 0.6) is 5.88 Å². The molecule has 2 aromatic heterocycles. The lowest BCUT2D eigenvalue weighted by Gasteiger charge is -2.16. The normalized spacial score (nSPS) is 17.5. The number of pyridine rings is 1. The molecule has 0 aromatic carbocycles. The van der Waals surface area contributed by atoms with E-state index in [2.05, 4.69) is 15.0 Å². The van der Waals surface area contributed by atoms with Crippen LogP contribution in [0.2, 0.25) is 0 Å². The van der Waals surface area contributed by atoms with Crippen molar-refractivity contribution in [1.29, 1.82) is 0 Å². The molecule has 0 N–H and O–H groups in total. The van der Waals surface area contributed by atoms with E-state index in [0.29, 0.717) is 24.7 Å². The standard InChI is InChI=1S/C16H18N4O2/c1-11-3-4-15(19-7-11)22-13-5-6-20(10-13)16(21)14-9-17-12(2)8-18-14/h3-4,7-9,13H,5-6,10H2,1-2H3/t13-/m1/s1. The Labute approximate surface area is 129 Å². The first-order valence-electron chi connectivity index (χ1n) is 7.29. The van der Waals surface area contributed by atoms with Crippen LogP contribution in [-0.2, 0) is 0 Å². The smallest absolute Gasteiger partial charge is 0.274 e. The number of nitrogens with zero attached hydrogens (tertiary/aromatic N) is 4. The van der Waals surface area contributed by atoms with Crippen LogP contribution in [0.1, 0.15) is 28.2 Å². The van der Waals surface area contributed by atoms with Gasteiger partial charge in [-0.3, -0.25) is 9.78 Å². The van der Waals surface area contributed by atoms with Crippen LogP contribution in [-0.4, -0.2) is 45.0 Å². The molecule has 1 amide bonds. The van der Waals surface area contributed by atoms with Gasteiger partial charge in [0.2, 0.25) is 5.88 Å². The van der Waals surface area contributed by atoms with Gasteiger partial charge in [0.25, 0.3) is 5.91 Å². The average molecular weight is 298 g/mol. The predicted octanol–water partition coefficient (Wildman–Crippen LogP) is 1.78. The molecule has 1 atom stereocenters. The number of ether oxygens (including phenoxy) is 1. The summed E-state index contributed by atoms with van der Waals surface area (Å²) in [5.41, 5.74) is 2.26. The zero-order valence-electron chi connectivity index (χ0n) is 12.7. The molecule has 1 saturated heterocycles. The van der Waals surface area contributed by atoms with E-state index in [9.17, 15) is 4.79 Å². The van der Waals surface area contributed by atoms with Crippen molar-refractivity contribution < 1.29 is 9.53 Å². The molecule has 6 nitrogen and oxygen atoms in total. The van der Waals surface area contributed by atoms with Crippen molar-refractivity contribution in [3.05, 3.63) is 47.7 Å². The van der Waals surface area contributed by atoms with Crippen molar-refractivity contribution in [2.24, 2.45) is 0 Å². The van der Waals surface area contributed by atoms with Gasteiger partial charge in [-0.05, 0) is 19.4 Å². The maximum Gasteiger partial charge on any atom is 0.274 e. The van der Waals surface area contributed by atoms with Crippen LogP contribution in [0.15, 0.2) is 30.7 Å². The molecule has 3 heterocycles. The summed E-state index contributed by atoms with van der Waals surface area (Å²) in [6.07, 6.45) is 5.66. The van der Waals surface area contributed by atoms with Crippen LogP contribution in [0.25, 0.3) is 0 Å². The third-order valence-electron chi connectivity index (χ3n) is 3.60. The van der Waals surface area contributed by atoms with E-state index in [0.717, 1.165) is 17.7 Å². The molecule has 2 aromatic rings. The maximum atomic E-state index is 12.4. The summed E-state index contributed by atoms with van der Waals surface area (Å²) < 4.78 is 5.82. The Kier molecular flexibility index (Phi) is 4.00.